The number of carbonyl (C=O) groups excluding carboxylic acids is 1. The van der Waals surface area contributed by atoms with Crippen LogP contribution in [0.2, 0.25) is 5.02 Å². The van der Waals surface area contributed by atoms with E-state index in [1.54, 1.807) is 41.2 Å². The lowest BCUT2D eigenvalue weighted by molar-refractivity contribution is 0.102. The van der Waals surface area contributed by atoms with Gasteiger partial charge in [0.05, 0.1) is 11.6 Å². The van der Waals surface area contributed by atoms with Gasteiger partial charge in [0.25, 0.3) is 5.91 Å². The lowest BCUT2D eigenvalue weighted by Gasteiger charge is -2.18. The Morgan fingerprint density at radius 1 is 1.18 bits per heavy atom. The fourth-order valence-electron chi connectivity index (χ4n) is 2.45. The van der Waals surface area contributed by atoms with Gasteiger partial charge in [-0.2, -0.15) is 0 Å². The summed E-state index contributed by atoms with van der Waals surface area (Å²) in [5.74, 6) is -0.646. The summed E-state index contributed by atoms with van der Waals surface area (Å²) in [5.41, 5.74) is 4.13. The molecule has 3 N–H and O–H groups in total. The second-order valence-corrected chi connectivity index (χ2v) is 7.43. The van der Waals surface area contributed by atoms with Crippen LogP contribution in [0.1, 0.15) is 29.0 Å². The number of amides is 1. The Kier molecular flexibility index (Phi) is 6.56. The lowest BCUT2D eigenvalue weighted by Crippen LogP contribution is -2.31. The zero-order chi connectivity index (χ0) is 20.1. The van der Waals surface area contributed by atoms with E-state index < -0.39 is 0 Å². The Bertz CT molecular complexity index is 980. The van der Waals surface area contributed by atoms with Crippen molar-refractivity contribution in [1.82, 2.24) is 10.3 Å². The van der Waals surface area contributed by atoms with Crippen molar-refractivity contribution in [1.29, 1.82) is 0 Å². The SMILES string of the molecule is CC(NC(=S)Nc1ccc(NC(=O)c2cscn2)cc1)c1ccc(F)cc1Cl. The van der Waals surface area contributed by atoms with E-state index in [0.29, 0.717) is 21.5 Å². The summed E-state index contributed by atoms with van der Waals surface area (Å²) in [7, 11) is 0. The summed E-state index contributed by atoms with van der Waals surface area (Å²) < 4.78 is 13.2. The number of benzene rings is 2. The Balaban J connectivity index is 1.56. The molecule has 0 bridgehead atoms. The smallest absolute Gasteiger partial charge is 0.275 e. The summed E-state index contributed by atoms with van der Waals surface area (Å²) in [5, 5.41) is 11.4. The lowest BCUT2D eigenvalue weighted by atomic mass is 10.1. The van der Waals surface area contributed by atoms with Crippen LogP contribution in [0.4, 0.5) is 15.8 Å². The Morgan fingerprint density at radius 2 is 1.86 bits per heavy atom. The third-order valence-corrected chi connectivity index (χ3v) is 4.98. The average molecular weight is 435 g/mol. The maximum Gasteiger partial charge on any atom is 0.275 e. The number of halogens is 2. The topological polar surface area (TPSA) is 66.0 Å². The molecule has 0 saturated heterocycles. The van der Waals surface area contributed by atoms with Crippen molar-refractivity contribution in [3.63, 3.8) is 0 Å². The van der Waals surface area contributed by atoms with Gasteiger partial charge in [0.15, 0.2) is 5.11 Å². The summed E-state index contributed by atoms with van der Waals surface area (Å²) >= 11 is 12.8. The molecule has 3 rings (SSSR count). The van der Waals surface area contributed by atoms with Crippen molar-refractivity contribution in [2.75, 3.05) is 10.6 Å². The van der Waals surface area contributed by atoms with Crippen LogP contribution in [-0.2, 0) is 0 Å². The highest BCUT2D eigenvalue weighted by atomic mass is 35.5. The Morgan fingerprint density at radius 3 is 2.46 bits per heavy atom. The third kappa shape index (κ3) is 5.25. The van der Waals surface area contributed by atoms with E-state index in [1.807, 2.05) is 6.92 Å². The second kappa shape index (κ2) is 9.09. The van der Waals surface area contributed by atoms with Crippen molar-refractivity contribution in [2.24, 2.45) is 0 Å². The van der Waals surface area contributed by atoms with Gasteiger partial charge in [0.2, 0.25) is 0 Å². The maximum absolute atomic E-state index is 13.2. The number of anilines is 2. The number of nitrogens with one attached hydrogen (secondary N) is 3. The van der Waals surface area contributed by atoms with E-state index >= 15 is 0 Å². The minimum absolute atomic E-state index is 0.204. The van der Waals surface area contributed by atoms with Crippen molar-refractivity contribution in [3.8, 4) is 0 Å². The van der Waals surface area contributed by atoms with Gasteiger partial charge in [0.1, 0.15) is 11.5 Å². The zero-order valence-corrected chi connectivity index (χ0v) is 17.1. The summed E-state index contributed by atoms with van der Waals surface area (Å²) in [6.45, 7) is 1.88. The quantitative estimate of drug-likeness (QED) is 0.479. The molecule has 0 aliphatic carbocycles. The van der Waals surface area contributed by atoms with Crippen LogP contribution >= 0.6 is 35.2 Å². The van der Waals surface area contributed by atoms with Gasteiger partial charge in [-0.3, -0.25) is 4.79 Å². The first-order chi connectivity index (χ1) is 13.4. The number of rotatable bonds is 5. The molecule has 0 saturated carbocycles. The highest BCUT2D eigenvalue weighted by Gasteiger charge is 2.12. The molecule has 144 valence electrons. The van der Waals surface area contributed by atoms with Crippen molar-refractivity contribution in [3.05, 3.63) is 75.5 Å². The predicted molar refractivity (Wildman–Crippen MR) is 116 cm³/mol. The minimum atomic E-state index is -0.386. The van der Waals surface area contributed by atoms with Gasteiger partial charge in [-0.1, -0.05) is 17.7 Å². The number of carbonyl (C=O) groups is 1. The molecule has 2 aromatic carbocycles. The summed E-state index contributed by atoms with van der Waals surface area (Å²) in [6.07, 6.45) is 0. The fourth-order valence-corrected chi connectivity index (χ4v) is 3.61. The number of aromatic nitrogens is 1. The summed E-state index contributed by atoms with van der Waals surface area (Å²) in [4.78, 5) is 16.0. The second-order valence-electron chi connectivity index (χ2n) is 5.89. The molecule has 0 fully saturated rings. The molecule has 1 atom stereocenters. The van der Waals surface area contributed by atoms with Crippen LogP contribution in [0.3, 0.4) is 0 Å². The van der Waals surface area contributed by atoms with Crippen molar-refractivity contribution < 1.29 is 9.18 Å². The van der Waals surface area contributed by atoms with Crippen molar-refractivity contribution >= 4 is 57.5 Å². The van der Waals surface area contributed by atoms with Crippen LogP contribution in [0.25, 0.3) is 0 Å². The molecule has 9 heteroatoms. The first-order valence-electron chi connectivity index (χ1n) is 8.24. The number of hydrogen-bond acceptors (Lipinski definition) is 4. The standard InChI is InChI=1S/C19H16ClFN4OS2/c1-11(15-7-2-12(21)8-16(15)20)23-19(27)25-14-5-3-13(4-6-14)24-18(26)17-9-28-10-22-17/h2-11H,1H3,(H,24,26)(H2,23,25,27). The van der Waals surface area contributed by atoms with E-state index in [9.17, 15) is 9.18 Å². The monoisotopic (exact) mass is 434 g/mol. The number of thiazole rings is 1. The molecule has 5 nitrogen and oxygen atoms in total. The first-order valence-corrected chi connectivity index (χ1v) is 9.97. The van der Waals surface area contributed by atoms with Crippen LogP contribution in [0, 0.1) is 5.82 Å². The van der Waals surface area contributed by atoms with E-state index in [1.165, 1.54) is 23.5 Å². The summed E-state index contributed by atoms with van der Waals surface area (Å²) in [6, 6.07) is 11.1. The Hall–Kier alpha value is -2.55. The molecule has 1 unspecified atom stereocenters. The van der Waals surface area contributed by atoms with Gasteiger partial charge in [-0.05, 0) is 61.1 Å². The number of nitrogens with zero attached hydrogens (tertiary/aromatic N) is 1. The fraction of sp³-hybridized carbons (Fsp3) is 0.105. The van der Waals surface area contributed by atoms with Gasteiger partial charge >= 0.3 is 0 Å². The zero-order valence-electron chi connectivity index (χ0n) is 14.7. The molecule has 28 heavy (non-hydrogen) atoms. The number of thiocarbonyl (C=S) groups is 1. The van der Waals surface area contributed by atoms with Crippen LogP contribution < -0.4 is 16.0 Å². The molecule has 1 heterocycles. The average Bonchev–Trinajstić information content (AvgIpc) is 3.18. The van der Waals surface area contributed by atoms with Crippen LogP contribution in [0.15, 0.2) is 53.4 Å². The van der Waals surface area contributed by atoms with Gasteiger partial charge < -0.3 is 16.0 Å². The highest BCUT2D eigenvalue weighted by molar-refractivity contribution is 7.80. The molecule has 0 aliphatic rings. The minimum Gasteiger partial charge on any atom is -0.356 e. The molecule has 0 radical (unpaired) electrons. The normalized spacial score (nSPS) is 11.5. The van der Waals surface area contributed by atoms with Crippen LogP contribution in [-0.4, -0.2) is 16.0 Å². The molecule has 0 aliphatic heterocycles. The van der Waals surface area contributed by atoms with Gasteiger partial charge in [0, 0.05) is 21.8 Å². The maximum atomic E-state index is 13.2. The molecule has 3 aromatic rings. The highest BCUT2D eigenvalue weighted by Crippen LogP contribution is 2.24. The van der Waals surface area contributed by atoms with E-state index in [-0.39, 0.29) is 17.8 Å². The van der Waals surface area contributed by atoms with Gasteiger partial charge in [-0.25, -0.2) is 9.37 Å². The third-order valence-electron chi connectivity index (χ3n) is 3.84. The van der Waals surface area contributed by atoms with E-state index in [4.69, 9.17) is 23.8 Å². The van der Waals surface area contributed by atoms with Crippen LogP contribution in [0.5, 0.6) is 0 Å². The van der Waals surface area contributed by atoms with Crippen molar-refractivity contribution in [2.45, 2.75) is 13.0 Å². The molecule has 1 amide bonds. The molecular formula is C19H16ClFN4OS2. The molecular weight excluding hydrogens is 419 g/mol. The van der Waals surface area contributed by atoms with E-state index in [2.05, 4.69) is 20.9 Å². The largest absolute Gasteiger partial charge is 0.356 e. The molecule has 0 spiro atoms. The predicted octanol–water partition coefficient (Wildman–Crippen LogP) is 5.24. The molecule has 1 aromatic heterocycles. The number of hydrogen-bond donors (Lipinski definition) is 3. The Labute approximate surface area is 176 Å². The van der Waals surface area contributed by atoms with E-state index in [0.717, 1.165) is 11.3 Å². The van der Waals surface area contributed by atoms with Gasteiger partial charge in [-0.15, -0.1) is 11.3 Å². The first kappa shape index (κ1) is 20.2.